The molecule has 11 heteroatoms. The number of carbonyl (C=O) groups is 1. The Bertz CT molecular complexity index is 1160. The summed E-state index contributed by atoms with van der Waals surface area (Å²) in [6, 6.07) is 4.98. The topological polar surface area (TPSA) is 77.7 Å². The van der Waals surface area contributed by atoms with E-state index in [-0.39, 0.29) is 34.0 Å². The van der Waals surface area contributed by atoms with Crippen molar-refractivity contribution in [1.29, 1.82) is 0 Å². The molecule has 0 saturated carbocycles. The largest absolute Gasteiger partial charge is 0.483 e. The molecular formula is C22H23Cl2F2N3O3S. The summed E-state index contributed by atoms with van der Waals surface area (Å²) in [5.41, 5.74) is 5.80. The molecular weight excluding hydrogens is 495 g/mol. The predicted molar refractivity (Wildman–Crippen MR) is 126 cm³/mol. The van der Waals surface area contributed by atoms with E-state index < -0.39 is 23.8 Å². The number of hydrogen-bond acceptors (Lipinski definition) is 6. The Balaban J connectivity index is 1.94. The second-order valence-corrected chi connectivity index (χ2v) is 9.03. The Labute approximate surface area is 204 Å². The highest BCUT2D eigenvalue weighted by atomic mass is 35.5. The molecule has 0 aliphatic heterocycles. The summed E-state index contributed by atoms with van der Waals surface area (Å²) >= 11 is 13.5. The van der Waals surface area contributed by atoms with Crippen molar-refractivity contribution in [2.75, 3.05) is 19.7 Å². The van der Waals surface area contributed by atoms with Crippen molar-refractivity contribution >= 4 is 50.8 Å². The molecule has 6 nitrogen and oxygen atoms in total. The van der Waals surface area contributed by atoms with Crippen molar-refractivity contribution in [3.63, 3.8) is 0 Å². The number of fused-ring (bicyclic) bond motifs is 1. The number of hydrogen-bond donors (Lipinski definition) is 1. The number of rotatable bonds is 9. The number of halogens is 4. The Morgan fingerprint density at radius 3 is 2.55 bits per heavy atom. The van der Waals surface area contributed by atoms with Gasteiger partial charge in [0.05, 0.1) is 21.3 Å². The summed E-state index contributed by atoms with van der Waals surface area (Å²) < 4.78 is 40.2. The lowest BCUT2D eigenvalue weighted by Gasteiger charge is -2.27. The molecule has 2 unspecified atom stereocenters. The van der Waals surface area contributed by atoms with Crippen LogP contribution in [-0.4, -0.2) is 35.7 Å². The number of thiazole rings is 1. The van der Waals surface area contributed by atoms with Crippen LogP contribution < -0.4 is 10.5 Å². The van der Waals surface area contributed by atoms with Crippen LogP contribution in [0.5, 0.6) is 5.75 Å². The lowest BCUT2D eigenvalue weighted by atomic mass is 10.1. The average molecular weight is 518 g/mol. The first kappa shape index (κ1) is 25.4. The first-order valence-corrected chi connectivity index (χ1v) is 11.8. The minimum absolute atomic E-state index is 0.0241. The van der Waals surface area contributed by atoms with Gasteiger partial charge in [-0.25, -0.2) is 18.6 Å². The van der Waals surface area contributed by atoms with E-state index in [0.717, 1.165) is 6.07 Å². The van der Waals surface area contributed by atoms with Gasteiger partial charge >= 0.3 is 6.09 Å². The van der Waals surface area contributed by atoms with Crippen molar-refractivity contribution in [1.82, 2.24) is 9.88 Å². The number of nitrogens with zero attached hydrogens (tertiary/aromatic N) is 2. The summed E-state index contributed by atoms with van der Waals surface area (Å²) in [5.74, 6) is -1.33. The maximum absolute atomic E-state index is 14.8. The first-order valence-electron chi connectivity index (χ1n) is 10.2. The number of aromatic nitrogens is 1. The van der Waals surface area contributed by atoms with Crippen molar-refractivity contribution < 1.29 is 23.0 Å². The molecule has 3 rings (SSSR count). The fourth-order valence-electron chi connectivity index (χ4n) is 3.50. The molecule has 3 aromatic rings. The Hall–Kier alpha value is -2.20. The molecule has 2 aromatic carbocycles. The van der Waals surface area contributed by atoms with Gasteiger partial charge in [0.2, 0.25) is 0 Å². The number of benzene rings is 2. The summed E-state index contributed by atoms with van der Waals surface area (Å²) in [5, 5.41) is 0.691. The van der Waals surface area contributed by atoms with Crippen LogP contribution in [-0.2, 0) is 4.74 Å². The van der Waals surface area contributed by atoms with Gasteiger partial charge in [-0.05, 0) is 32.1 Å². The maximum Gasteiger partial charge on any atom is 0.404 e. The zero-order valence-electron chi connectivity index (χ0n) is 18.2. The normalized spacial score (nSPS) is 13.3. The van der Waals surface area contributed by atoms with Gasteiger partial charge in [-0.15, -0.1) is 11.3 Å². The third-order valence-corrected chi connectivity index (χ3v) is 7.00. The van der Waals surface area contributed by atoms with E-state index in [1.807, 2.05) is 13.8 Å². The van der Waals surface area contributed by atoms with Crippen LogP contribution >= 0.6 is 34.5 Å². The summed E-state index contributed by atoms with van der Waals surface area (Å²) in [7, 11) is 0. The molecule has 0 aliphatic carbocycles. The molecule has 1 aromatic heterocycles. The molecule has 33 heavy (non-hydrogen) atoms. The van der Waals surface area contributed by atoms with Crippen LogP contribution in [0.15, 0.2) is 24.3 Å². The van der Waals surface area contributed by atoms with E-state index in [0.29, 0.717) is 28.3 Å². The molecule has 0 fully saturated rings. The molecule has 0 aliphatic rings. The van der Waals surface area contributed by atoms with Crippen molar-refractivity contribution in [2.45, 2.75) is 32.9 Å². The zero-order valence-corrected chi connectivity index (χ0v) is 20.5. The van der Waals surface area contributed by atoms with Crippen molar-refractivity contribution in [3.05, 3.63) is 56.5 Å². The smallest absolute Gasteiger partial charge is 0.404 e. The minimum Gasteiger partial charge on any atom is -0.483 e. The number of primary amides is 1. The zero-order chi connectivity index (χ0) is 24.3. The number of nitrogens with two attached hydrogens (primary N) is 1. The summed E-state index contributed by atoms with van der Waals surface area (Å²) in [6.07, 6.45) is -1.69. The van der Waals surface area contributed by atoms with E-state index in [9.17, 15) is 13.6 Å². The summed E-state index contributed by atoms with van der Waals surface area (Å²) in [4.78, 5) is 17.7. The van der Waals surface area contributed by atoms with Crippen LogP contribution in [0.1, 0.15) is 43.5 Å². The van der Waals surface area contributed by atoms with Gasteiger partial charge in [0.25, 0.3) is 0 Å². The molecule has 0 radical (unpaired) electrons. The van der Waals surface area contributed by atoms with Gasteiger partial charge in [0, 0.05) is 22.7 Å². The molecule has 178 valence electrons. The molecule has 2 atom stereocenters. The lowest BCUT2D eigenvalue weighted by molar-refractivity contribution is 0.100. The number of amides is 1. The Kier molecular flexibility index (Phi) is 8.33. The molecule has 0 bridgehead atoms. The monoisotopic (exact) mass is 517 g/mol. The van der Waals surface area contributed by atoms with E-state index >= 15 is 0 Å². The Morgan fingerprint density at radius 2 is 1.91 bits per heavy atom. The molecule has 0 saturated heterocycles. The molecule has 1 amide bonds. The second-order valence-electron chi connectivity index (χ2n) is 7.19. The number of ether oxygens (including phenoxy) is 2. The quantitative estimate of drug-likeness (QED) is 0.327. The summed E-state index contributed by atoms with van der Waals surface area (Å²) in [6.45, 7) is 6.96. The standard InChI is InChI=1S/C22H23Cl2F2N3O3S/c1-4-29(5-2)16(10-31-22(27)30)21-28-15-8-14(26)17(9-18(15)33-21)32-11(3)19-12(23)6-7-13(25)20(19)24/h6-9,11,16H,4-5,10H2,1-3H3,(H2,27,30). The fraction of sp³-hybridized carbons (Fsp3) is 0.364. The highest BCUT2D eigenvalue weighted by molar-refractivity contribution is 7.18. The van der Waals surface area contributed by atoms with E-state index in [1.54, 1.807) is 6.92 Å². The molecule has 1 heterocycles. The van der Waals surface area contributed by atoms with Crippen LogP contribution in [0.3, 0.4) is 0 Å². The highest BCUT2D eigenvalue weighted by Crippen LogP contribution is 2.38. The molecule has 2 N–H and O–H groups in total. The fourth-order valence-corrected chi connectivity index (χ4v) is 5.28. The second kappa shape index (κ2) is 10.8. The van der Waals surface area contributed by atoms with E-state index in [1.165, 1.54) is 29.5 Å². The van der Waals surface area contributed by atoms with Crippen LogP contribution in [0.4, 0.5) is 13.6 Å². The van der Waals surface area contributed by atoms with Gasteiger partial charge in [-0.3, -0.25) is 4.90 Å². The van der Waals surface area contributed by atoms with Crippen molar-refractivity contribution in [3.8, 4) is 5.75 Å². The van der Waals surface area contributed by atoms with Gasteiger partial charge < -0.3 is 15.2 Å². The van der Waals surface area contributed by atoms with Crippen LogP contribution in [0.2, 0.25) is 10.0 Å². The van der Waals surface area contributed by atoms with E-state index in [2.05, 4.69) is 9.88 Å². The first-order chi connectivity index (χ1) is 15.7. The van der Waals surface area contributed by atoms with Gasteiger partial charge in [0.15, 0.2) is 11.6 Å². The van der Waals surface area contributed by atoms with E-state index in [4.69, 9.17) is 38.4 Å². The number of likely N-dealkylation sites (N-methyl/N-ethyl adjacent to an activating group) is 1. The lowest BCUT2D eigenvalue weighted by Crippen LogP contribution is -2.33. The number of carbonyl (C=O) groups excluding carboxylic acids is 1. The SMILES string of the molecule is CCN(CC)C(COC(N)=O)c1nc2cc(F)c(OC(C)c3c(Cl)ccc(F)c3Cl)cc2s1. The maximum atomic E-state index is 14.8. The highest BCUT2D eigenvalue weighted by Gasteiger charge is 2.25. The van der Waals surface area contributed by atoms with Gasteiger partial charge in [-0.2, -0.15) is 0 Å². The van der Waals surface area contributed by atoms with Gasteiger partial charge in [0.1, 0.15) is 23.5 Å². The van der Waals surface area contributed by atoms with Gasteiger partial charge in [-0.1, -0.05) is 37.0 Å². The van der Waals surface area contributed by atoms with Crippen LogP contribution in [0.25, 0.3) is 10.2 Å². The average Bonchev–Trinajstić information content (AvgIpc) is 3.16. The predicted octanol–water partition coefficient (Wildman–Crippen LogP) is 6.50. The third kappa shape index (κ3) is 5.66. The third-order valence-electron chi connectivity index (χ3n) is 5.17. The van der Waals surface area contributed by atoms with Crippen LogP contribution in [0, 0.1) is 11.6 Å². The Morgan fingerprint density at radius 1 is 1.21 bits per heavy atom. The molecule has 0 spiro atoms. The minimum atomic E-state index is -0.876. The van der Waals surface area contributed by atoms with Crippen molar-refractivity contribution in [2.24, 2.45) is 5.73 Å².